The number of likely N-dealkylation sites (tertiary alicyclic amines) is 1. The first-order chi connectivity index (χ1) is 16.5. The van der Waals surface area contributed by atoms with Gasteiger partial charge in [-0.3, -0.25) is 14.4 Å². The zero-order valence-electron chi connectivity index (χ0n) is 19.6. The van der Waals surface area contributed by atoms with Gasteiger partial charge >= 0.3 is 0 Å². The van der Waals surface area contributed by atoms with Gasteiger partial charge in [0.05, 0.1) is 16.6 Å². The van der Waals surface area contributed by atoms with Crippen LogP contribution in [0.25, 0.3) is 0 Å². The minimum atomic E-state index is -0.546. The monoisotopic (exact) mass is 485 g/mol. The van der Waals surface area contributed by atoms with E-state index < -0.39 is 22.6 Å². The van der Waals surface area contributed by atoms with Crippen LogP contribution in [-0.2, 0) is 14.4 Å². The van der Waals surface area contributed by atoms with E-state index >= 15 is 0 Å². The Balaban J connectivity index is 1.41. The molecule has 34 heavy (non-hydrogen) atoms. The second-order valence-corrected chi connectivity index (χ2v) is 11.8. The maximum absolute atomic E-state index is 13.8. The third kappa shape index (κ3) is 4.13. The molecule has 3 amide bonds. The van der Waals surface area contributed by atoms with E-state index in [2.05, 4.69) is 10.6 Å². The number of nitrogens with one attached hydrogen (secondary N) is 2. The number of para-hydroxylation sites is 1. The van der Waals surface area contributed by atoms with Crippen LogP contribution in [0.5, 0.6) is 0 Å². The lowest BCUT2D eigenvalue weighted by Crippen LogP contribution is -2.55. The van der Waals surface area contributed by atoms with Crippen molar-refractivity contribution in [2.75, 3.05) is 18.5 Å². The van der Waals surface area contributed by atoms with Gasteiger partial charge in [-0.1, -0.05) is 37.5 Å². The summed E-state index contributed by atoms with van der Waals surface area (Å²) in [6.45, 7) is 0.507. The summed E-state index contributed by atoms with van der Waals surface area (Å²) in [6, 6.07) is 8.99. The van der Waals surface area contributed by atoms with Crippen molar-refractivity contribution in [1.29, 1.82) is 0 Å². The summed E-state index contributed by atoms with van der Waals surface area (Å²) in [7, 11) is 0. The number of carbonyl (C=O) groups is 3. The van der Waals surface area contributed by atoms with Crippen LogP contribution in [0, 0.1) is 11.8 Å². The predicted octanol–water partition coefficient (Wildman–Crippen LogP) is 2.94. The summed E-state index contributed by atoms with van der Waals surface area (Å²) in [5.74, 6) is -1.14. The highest BCUT2D eigenvalue weighted by Gasteiger charge is 2.73. The van der Waals surface area contributed by atoms with Crippen LogP contribution in [-0.4, -0.2) is 63.0 Å². The van der Waals surface area contributed by atoms with Gasteiger partial charge in [0, 0.05) is 30.1 Å². The molecular weight excluding hydrogens is 450 g/mol. The SMILES string of the molecule is O=C(NC1CCCCC1)C1N(CCCCO)C(=O)[C@@H]2[C@H](C(=O)Nc3ccccc3)[C@@H]3CCC12S3. The quantitative estimate of drug-likeness (QED) is 0.492. The maximum Gasteiger partial charge on any atom is 0.244 e. The lowest BCUT2D eigenvalue weighted by atomic mass is 9.70. The molecule has 0 aromatic heterocycles. The summed E-state index contributed by atoms with van der Waals surface area (Å²) < 4.78 is -0.543. The van der Waals surface area contributed by atoms with Crippen LogP contribution in [0.2, 0.25) is 0 Å². The van der Waals surface area contributed by atoms with Crippen LogP contribution in [0.1, 0.15) is 57.8 Å². The normalized spacial score (nSPS) is 32.6. The van der Waals surface area contributed by atoms with Crippen molar-refractivity contribution >= 4 is 35.2 Å². The number of anilines is 1. The molecule has 8 heteroatoms. The molecule has 3 saturated heterocycles. The fraction of sp³-hybridized carbons (Fsp3) is 0.654. The van der Waals surface area contributed by atoms with Crippen LogP contribution in [0.3, 0.4) is 0 Å². The average Bonchev–Trinajstić information content (AvgIpc) is 3.48. The number of aliphatic hydroxyl groups is 1. The van der Waals surface area contributed by atoms with Crippen LogP contribution >= 0.6 is 11.8 Å². The fourth-order valence-electron chi connectivity index (χ4n) is 6.66. The topological polar surface area (TPSA) is 98.7 Å². The van der Waals surface area contributed by atoms with Gasteiger partial charge < -0.3 is 20.6 Å². The molecule has 4 fully saturated rings. The van der Waals surface area contributed by atoms with Crippen molar-refractivity contribution in [2.45, 2.75) is 79.9 Å². The highest BCUT2D eigenvalue weighted by molar-refractivity contribution is 8.02. The Labute approximate surface area is 205 Å². The van der Waals surface area contributed by atoms with E-state index in [4.69, 9.17) is 0 Å². The molecule has 3 heterocycles. The molecule has 4 aliphatic rings. The Hall–Kier alpha value is -2.06. The van der Waals surface area contributed by atoms with E-state index in [9.17, 15) is 19.5 Å². The van der Waals surface area contributed by atoms with Crippen molar-refractivity contribution in [3.05, 3.63) is 30.3 Å². The summed E-state index contributed by atoms with van der Waals surface area (Å²) in [5.41, 5.74) is 0.728. The Morgan fingerprint density at radius 1 is 1.06 bits per heavy atom. The van der Waals surface area contributed by atoms with Gasteiger partial charge in [0.2, 0.25) is 17.7 Å². The molecule has 1 aromatic carbocycles. The van der Waals surface area contributed by atoms with E-state index in [1.165, 1.54) is 6.42 Å². The second-order valence-electron chi connectivity index (χ2n) is 10.2. The van der Waals surface area contributed by atoms with E-state index in [1.807, 2.05) is 30.3 Å². The Kier molecular flexibility index (Phi) is 6.89. The number of amides is 3. The van der Waals surface area contributed by atoms with Crippen LogP contribution in [0.15, 0.2) is 30.3 Å². The number of unbranched alkanes of at least 4 members (excludes halogenated alkanes) is 1. The molecule has 184 valence electrons. The van der Waals surface area contributed by atoms with Crippen molar-refractivity contribution < 1.29 is 19.5 Å². The number of nitrogens with zero attached hydrogens (tertiary/aromatic N) is 1. The molecule has 1 saturated carbocycles. The molecule has 1 aromatic rings. The zero-order valence-corrected chi connectivity index (χ0v) is 20.4. The number of rotatable bonds is 8. The molecule has 1 aliphatic carbocycles. The average molecular weight is 486 g/mol. The molecule has 5 atom stereocenters. The minimum absolute atomic E-state index is 0.0518. The van der Waals surface area contributed by atoms with Gasteiger partial charge in [-0.2, -0.15) is 0 Å². The summed E-state index contributed by atoms with van der Waals surface area (Å²) >= 11 is 1.71. The zero-order chi connectivity index (χ0) is 23.7. The first kappa shape index (κ1) is 23.7. The van der Waals surface area contributed by atoms with E-state index in [-0.39, 0.29) is 35.6 Å². The molecule has 0 radical (unpaired) electrons. The van der Waals surface area contributed by atoms with Crippen LogP contribution < -0.4 is 10.6 Å². The molecular formula is C26H35N3O4S. The third-order valence-electron chi connectivity index (χ3n) is 8.15. The molecule has 1 spiro atoms. The molecule has 5 rings (SSSR count). The lowest BCUT2D eigenvalue weighted by molar-refractivity contribution is -0.139. The predicted molar refractivity (Wildman–Crippen MR) is 132 cm³/mol. The van der Waals surface area contributed by atoms with E-state index in [0.717, 1.165) is 44.2 Å². The molecule has 2 bridgehead atoms. The first-order valence-electron chi connectivity index (χ1n) is 12.8. The van der Waals surface area contributed by atoms with Gasteiger partial charge in [0.25, 0.3) is 0 Å². The van der Waals surface area contributed by atoms with Crippen LogP contribution in [0.4, 0.5) is 5.69 Å². The lowest BCUT2D eigenvalue weighted by Gasteiger charge is -2.35. The van der Waals surface area contributed by atoms with Crippen molar-refractivity contribution in [1.82, 2.24) is 10.2 Å². The van der Waals surface area contributed by atoms with Gasteiger partial charge in [-0.15, -0.1) is 11.8 Å². The second kappa shape index (κ2) is 9.90. The number of hydrogen-bond donors (Lipinski definition) is 3. The van der Waals surface area contributed by atoms with Crippen molar-refractivity contribution in [3.63, 3.8) is 0 Å². The first-order valence-corrected chi connectivity index (χ1v) is 13.7. The number of fused-ring (bicyclic) bond motifs is 1. The summed E-state index contributed by atoms with van der Waals surface area (Å²) in [4.78, 5) is 42.7. The fourth-order valence-corrected chi connectivity index (χ4v) is 8.88. The third-order valence-corrected chi connectivity index (χ3v) is 10.1. The van der Waals surface area contributed by atoms with Gasteiger partial charge in [0.1, 0.15) is 6.04 Å². The number of benzene rings is 1. The molecule has 7 nitrogen and oxygen atoms in total. The molecule has 3 N–H and O–H groups in total. The Morgan fingerprint density at radius 2 is 1.82 bits per heavy atom. The summed E-state index contributed by atoms with van der Waals surface area (Å²) in [5, 5.41) is 15.6. The Bertz CT molecular complexity index is 922. The minimum Gasteiger partial charge on any atom is -0.396 e. The highest BCUT2D eigenvalue weighted by Crippen LogP contribution is 2.66. The number of hydrogen-bond acceptors (Lipinski definition) is 5. The van der Waals surface area contributed by atoms with E-state index in [1.54, 1.807) is 16.7 Å². The highest BCUT2D eigenvalue weighted by atomic mass is 32.2. The number of carbonyl (C=O) groups excluding carboxylic acids is 3. The van der Waals surface area contributed by atoms with Gasteiger partial charge in [-0.05, 0) is 50.7 Å². The van der Waals surface area contributed by atoms with Crippen molar-refractivity contribution in [3.8, 4) is 0 Å². The summed E-state index contributed by atoms with van der Waals surface area (Å²) in [6.07, 6.45) is 8.31. The maximum atomic E-state index is 13.8. The van der Waals surface area contributed by atoms with Gasteiger partial charge in [-0.25, -0.2) is 0 Å². The van der Waals surface area contributed by atoms with Crippen molar-refractivity contribution in [2.24, 2.45) is 11.8 Å². The van der Waals surface area contributed by atoms with Gasteiger partial charge in [0.15, 0.2) is 0 Å². The number of aliphatic hydroxyl groups excluding tert-OH is 1. The number of thioether (sulfide) groups is 1. The largest absolute Gasteiger partial charge is 0.396 e. The smallest absolute Gasteiger partial charge is 0.244 e. The molecule has 2 unspecified atom stereocenters. The Morgan fingerprint density at radius 3 is 2.56 bits per heavy atom. The standard InChI is InChI=1S/C26H35N3O4S/c30-16-8-7-15-29-22(24(32)28-18-11-5-2-6-12-18)26-14-13-19(34-26)20(21(26)25(29)33)23(31)27-17-9-3-1-4-10-17/h1,3-4,9-10,18-22,30H,2,5-8,11-16H2,(H,27,31)(H,28,32)/t19-,20+,21-,22?,26?/m0/s1. The van der Waals surface area contributed by atoms with E-state index in [0.29, 0.717) is 19.4 Å². The molecule has 3 aliphatic heterocycles.